The van der Waals surface area contributed by atoms with Crippen LogP contribution in [0.5, 0.6) is 5.75 Å². The lowest BCUT2D eigenvalue weighted by Gasteiger charge is -2.36. The first-order valence-electron chi connectivity index (χ1n) is 14.4. The van der Waals surface area contributed by atoms with Crippen molar-refractivity contribution < 1.29 is 28.3 Å². The number of aromatic hydroxyl groups is 1. The Morgan fingerprint density at radius 1 is 1.13 bits per heavy atom. The van der Waals surface area contributed by atoms with Crippen molar-refractivity contribution in [2.24, 2.45) is 5.92 Å². The van der Waals surface area contributed by atoms with Gasteiger partial charge in [-0.3, -0.25) is 23.7 Å². The van der Waals surface area contributed by atoms with Crippen LogP contribution in [0.15, 0.2) is 54.1 Å². The number of halogens is 2. The number of Topliss-reactive ketones (excluding diaryl/α,β-unsaturated/α-hetero) is 1. The number of ketones is 1. The number of pyridine rings is 1. The van der Waals surface area contributed by atoms with E-state index in [1.807, 2.05) is 0 Å². The van der Waals surface area contributed by atoms with E-state index in [1.54, 1.807) is 0 Å². The summed E-state index contributed by atoms with van der Waals surface area (Å²) >= 11 is 0. The number of hydrogen-bond acceptors (Lipinski definition) is 9. The van der Waals surface area contributed by atoms with Gasteiger partial charge in [-0.05, 0) is 49.3 Å². The van der Waals surface area contributed by atoms with Gasteiger partial charge in [-0.2, -0.15) is 5.10 Å². The van der Waals surface area contributed by atoms with Gasteiger partial charge in [0.1, 0.15) is 24.3 Å². The van der Waals surface area contributed by atoms with Gasteiger partial charge in [0.15, 0.2) is 17.3 Å². The van der Waals surface area contributed by atoms with Crippen LogP contribution in [0.25, 0.3) is 16.7 Å². The number of nitrogens with one attached hydrogen (secondary N) is 3. The van der Waals surface area contributed by atoms with Crippen LogP contribution in [0, 0.1) is 17.6 Å². The molecule has 1 aromatic carbocycles. The standard InChI is InChI=1S/C30H25F2N9O5/c31-17-3-1-15(2-4-17)9-36-26(44)22-24(43)28(46)40-12-16-5-7-30(8-6-16,29(40)38-22)39-27(45)23(42)18-10-34-21-20(18)19(32)11-35-25(21)41-14-33-13-37-41/h1-4,10-11,13-14,16,34,43H,5-9,12H2,(H,36,44)(H,39,45). The Bertz CT molecular complexity index is 2080. The Morgan fingerprint density at radius 2 is 1.89 bits per heavy atom. The fourth-order valence-electron chi connectivity index (χ4n) is 6.28. The van der Waals surface area contributed by atoms with E-state index >= 15 is 4.39 Å². The second kappa shape index (κ2) is 11.0. The highest BCUT2D eigenvalue weighted by Gasteiger charge is 2.47. The molecule has 6 heterocycles. The molecule has 4 N–H and O–H groups in total. The van der Waals surface area contributed by atoms with E-state index in [-0.39, 0.29) is 47.1 Å². The lowest BCUT2D eigenvalue weighted by molar-refractivity contribution is -0.119. The largest absolute Gasteiger partial charge is 0.501 e. The van der Waals surface area contributed by atoms with E-state index in [2.05, 4.69) is 35.7 Å². The summed E-state index contributed by atoms with van der Waals surface area (Å²) in [5.74, 6) is -4.89. The van der Waals surface area contributed by atoms with Crippen molar-refractivity contribution in [1.82, 2.24) is 44.9 Å². The molecule has 0 radical (unpaired) electrons. The SMILES string of the molecule is O=C(NC12CCC(CC1)Cn1c2nc(C(=O)NCc2ccc(F)cc2)c(O)c1=O)C(=O)c1c[nH]c2c(-n3cncn3)ncc(F)c12. The number of hydrogen-bond donors (Lipinski definition) is 4. The molecule has 3 aliphatic rings. The minimum absolute atomic E-state index is 0.0319. The van der Waals surface area contributed by atoms with Crippen LogP contribution in [0.4, 0.5) is 8.78 Å². The Kier molecular flexibility index (Phi) is 6.90. The number of fused-ring (bicyclic) bond motifs is 3. The third-order valence-electron chi connectivity index (χ3n) is 8.64. The Hall–Kier alpha value is -5.80. The van der Waals surface area contributed by atoms with E-state index in [4.69, 9.17) is 0 Å². The first kappa shape index (κ1) is 28.9. The Morgan fingerprint density at radius 3 is 2.61 bits per heavy atom. The lowest BCUT2D eigenvalue weighted by atomic mass is 9.77. The zero-order valence-corrected chi connectivity index (χ0v) is 24.0. The molecule has 0 spiro atoms. The first-order chi connectivity index (χ1) is 22.1. The number of amides is 2. The van der Waals surface area contributed by atoms with Gasteiger partial charge in [-0.25, -0.2) is 28.4 Å². The summed E-state index contributed by atoms with van der Waals surface area (Å²) in [7, 11) is 0. The normalized spacial score (nSPS) is 18.6. The second-order valence-electron chi connectivity index (χ2n) is 11.4. The molecular formula is C30H25F2N9O5. The number of nitrogens with zero attached hydrogens (tertiary/aromatic N) is 6. The smallest absolute Gasteiger partial charge is 0.296 e. The molecule has 46 heavy (non-hydrogen) atoms. The van der Waals surface area contributed by atoms with Gasteiger partial charge in [0, 0.05) is 19.3 Å². The molecule has 1 aliphatic carbocycles. The third-order valence-corrected chi connectivity index (χ3v) is 8.64. The second-order valence-corrected chi connectivity index (χ2v) is 11.4. The van der Waals surface area contributed by atoms with Gasteiger partial charge in [0.05, 0.1) is 28.2 Å². The number of carbonyl (C=O) groups is 3. The average molecular weight is 630 g/mol. The zero-order chi connectivity index (χ0) is 32.2. The summed E-state index contributed by atoms with van der Waals surface area (Å²) in [6.07, 6.45) is 6.46. The minimum atomic E-state index is -1.34. The Labute approximate surface area is 257 Å². The highest BCUT2D eigenvalue weighted by molar-refractivity contribution is 6.45. The predicted molar refractivity (Wildman–Crippen MR) is 155 cm³/mol. The molecule has 0 atom stereocenters. The number of aromatic nitrogens is 7. The molecule has 0 unspecified atom stereocenters. The number of carbonyl (C=O) groups excluding carboxylic acids is 3. The summed E-state index contributed by atoms with van der Waals surface area (Å²) < 4.78 is 30.8. The van der Waals surface area contributed by atoms with E-state index in [1.165, 1.54) is 52.4 Å². The van der Waals surface area contributed by atoms with E-state index in [9.17, 15) is 28.7 Å². The lowest BCUT2D eigenvalue weighted by Crippen LogP contribution is -2.51. The van der Waals surface area contributed by atoms with Crippen LogP contribution in [-0.4, -0.2) is 57.0 Å². The van der Waals surface area contributed by atoms with Gasteiger partial charge in [0.25, 0.3) is 23.2 Å². The van der Waals surface area contributed by atoms with Crippen molar-refractivity contribution in [2.45, 2.75) is 44.3 Å². The molecule has 1 fully saturated rings. The van der Waals surface area contributed by atoms with Crippen LogP contribution in [0.2, 0.25) is 0 Å². The zero-order valence-electron chi connectivity index (χ0n) is 24.0. The summed E-state index contributed by atoms with van der Waals surface area (Å²) in [6.45, 7) is 0.163. The average Bonchev–Trinajstić information content (AvgIpc) is 3.70. The topological polar surface area (TPSA) is 190 Å². The molecule has 8 rings (SSSR count). The maximum absolute atomic E-state index is 15.0. The van der Waals surface area contributed by atoms with Crippen molar-refractivity contribution in [1.29, 1.82) is 0 Å². The molecule has 16 heteroatoms. The minimum Gasteiger partial charge on any atom is -0.501 e. The van der Waals surface area contributed by atoms with E-state index < -0.39 is 51.8 Å². The quantitative estimate of drug-likeness (QED) is 0.154. The van der Waals surface area contributed by atoms with Crippen LogP contribution >= 0.6 is 0 Å². The van der Waals surface area contributed by atoms with Crippen LogP contribution in [0.3, 0.4) is 0 Å². The summed E-state index contributed by atoms with van der Waals surface area (Å²) in [6, 6.07) is 5.41. The van der Waals surface area contributed by atoms with Crippen molar-refractivity contribution in [3.05, 3.63) is 93.9 Å². The molecule has 5 aromatic rings. The van der Waals surface area contributed by atoms with Gasteiger partial charge in [-0.15, -0.1) is 0 Å². The molecular weight excluding hydrogens is 604 g/mol. The third kappa shape index (κ3) is 4.78. The van der Waals surface area contributed by atoms with Crippen LogP contribution in [0.1, 0.15) is 57.9 Å². The van der Waals surface area contributed by atoms with Gasteiger partial charge < -0.3 is 20.7 Å². The molecule has 4 aromatic heterocycles. The maximum Gasteiger partial charge on any atom is 0.296 e. The fraction of sp³-hybridized carbons (Fsp3) is 0.267. The molecule has 14 nitrogen and oxygen atoms in total. The molecule has 1 saturated carbocycles. The molecule has 0 saturated heterocycles. The number of aromatic amines is 1. The highest BCUT2D eigenvalue weighted by Crippen LogP contribution is 2.43. The molecule has 2 aliphatic heterocycles. The maximum atomic E-state index is 15.0. The summed E-state index contributed by atoms with van der Waals surface area (Å²) in [4.78, 5) is 68.8. The fourth-order valence-corrected chi connectivity index (χ4v) is 6.28. The molecule has 234 valence electrons. The van der Waals surface area contributed by atoms with Crippen molar-refractivity contribution in [3.63, 3.8) is 0 Å². The number of H-pyrrole nitrogens is 1. The highest BCUT2D eigenvalue weighted by atomic mass is 19.1. The van der Waals surface area contributed by atoms with E-state index in [0.717, 1.165) is 6.20 Å². The summed E-state index contributed by atoms with van der Waals surface area (Å²) in [5, 5.41) is 19.9. The molecule has 2 bridgehead atoms. The van der Waals surface area contributed by atoms with Crippen molar-refractivity contribution in [3.8, 4) is 11.6 Å². The monoisotopic (exact) mass is 629 g/mol. The van der Waals surface area contributed by atoms with Crippen molar-refractivity contribution >= 4 is 28.5 Å². The van der Waals surface area contributed by atoms with Crippen molar-refractivity contribution in [2.75, 3.05) is 0 Å². The van der Waals surface area contributed by atoms with Gasteiger partial charge in [-0.1, -0.05) is 12.1 Å². The summed E-state index contributed by atoms with van der Waals surface area (Å²) in [5.41, 5.74) is -2.29. The van der Waals surface area contributed by atoms with Crippen LogP contribution < -0.4 is 16.2 Å². The van der Waals surface area contributed by atoms with Gasteiger partial charge in [0.2, 0.25) is 5.75 Å². The van der Waals surface area contributed by atoms with Gasteiger partial charge >= 0.3 is 0 Å². The Balaban J connectivity index is 1.22. The number of rotatable bonds is 7. The van der Waals surface area contributed by atoms with E-state index in [0.29, 0.717) is 31.2 Å². The predicted octanol–water partition coefficient (Wildman–Crippen LogP) is 2.01. The number of benzene rings is 1. The van der Waals surface area contributed by atoms with Crippen LogP contribution in [-0.2, 0) is 23.4 Å². The first-order valence-corrected chi connectivity index (χ1v) is 14.4. The molecule has 2 amide bonds.